The van der Waals surface area contributed by atoms with Crippen molar-refractivity contribution in [1.82, 2.24) is 14.6 Å². The molecule has 0 spiro atoms. The van der Waals surface area contributed by atoms with E-state index in [0.717, 1.165) is 16.1 Å². The van der Waals surface area contributed by atoms with Crippen molar-refractivity contribution >= 4 is 34.6 Å². The first-order valence-electron chi connectivity index (χ1n) is 5.83. The molecule has 0 aliphatic heterocycles. The van der Waals surface area contributed by atoms with E-state index in [1.165, 1.54) is 21.9 Å². The second-order valence-electron chi connectivity index (χ2n) is 4.38. The van der Waals surface area contributed by atoms with Crippen molar-refractivity contribution in [2.24, 2.45) is 0 Å². The Morgan fingerprint density at radius 2 is 2.15 bits per heavy atom. The molecule has 3 aromatic rings. The molecule has 0 radical (unpaired) electrons. The van der Waals surface area contributed by atoms with Crippen LogP contribution in [-0.2, 0) is 0 Å². The van der Waals surface area contributed by atoms with Crippen LogP contribution < -0.4 is 0 Å². The number of carboxylic acids is 1. The molecule has 3 rings (SSSR count). The summed E-state index contributed by atoms with van der Waals surface area (Å²) in [6, 6.07) is 5.11. The number of aromatic nitrogens is 3. The first-order valence-corrected chi connectivity index (χ1v) is 7.03. The predicted octanol–water partition coefficient (Wildman–Crippen LogP) is 3.43. The van der Waals surface area contributed by atoms with Crippen LogP contribution in [0.3, 0.4) is 0 Å². The maximum atomic E-state index is 11.4. The van der Waals surface area contributed by atoms with Crippen molar-refractivity contribution in [3.63, 3.8) is 0 Å². The summed E-state index contributed by atoms with van der Waals surface area (Å²) in [4.78, 5) is 16.8. The number of carboxylic acid groups (broad SMARTS) is 1. The third-order valence-corrected chi connectivity index (χ3v) is 4.36. The summed E-state index contributed by atoms with van der Waals surface area (Å²) in [5.74, 6) is -1.04. The average Bonchev–Trinajstić information content (AvgIpc) is 2.94. The van der Waals surface area contributed by atoms with Gasteiger partial charge in [-0.05, 0) is 32.0 Å². The van der Waals surface area contributed by atoms with E-state index in [2.05, 4.69) is 10.1 Å². The summed E-state index contributed by atoms with van der Waals surface area (Å²) in [5.41, 5.74) is 2.88. The van der Waals surface area contributed by atoms with Crippen molar-refractivity contribution in [2.45, 2.75) is 13.8 Å². The number of nitrogens with zero attached hydrogens (tertiary/aromatic N) is 3. The molecule has 0 atom stereocenters. The summed E-state index contributed by atoms with van der Waals surface area (Å²) in [6.07, 6.45) is 0. The Morgan fingerprint density at radius 3 is 2.75 bits per heavy atom. The van der Waals surface area contributed by atoms with E-state index in [1.807, 2.05) is 19.9 Å². The maximum absolute atomic E-state index is 11.4. The monoisotopic (exact) mass is 307 g/mol. The molecule has 7 heteroatoms. The van der Waals surface area contributed by atoms with Crippen molar-refractivity contribution in [3.05, 3.63) is 39.5 Å². The van der Waals surface area contributed by atoms with E-state index in [4.69, 9.17) is 11.6 Å². The maximum Gasteiger partial charge on any atom is 0.354 e. The molecule has 0 saturated heterocycles. The molecular weight excluding hydrogens is 298 g/mol. The number of hydrogen-bond donors (Lipinski definition) is 1. The van der Waals surface area contributed by atoms with Crippen LogP contribution in [0.4, 0.5) is 0 Å². The topological polar surface area (TPSA) is 67.5 Å². The number of hydrogen-bond acceptors (Lipinski definition) is 4. The number of halogens is 1. The molecule has 0 fully saturated rings. The zero-order chi connectivity index (χ0) is 14.4. The van der Waals surface area contributed by atoms with Gasteiger partial charge in [-0.3, -0.25) is 0 Å². The number of carbonyl (C=O) groups is 1. The molecule has 0 saturated carbocycles. The van der Waals surface area contributed by atoms with Crippen molar-refractivity contribution < 1.29 is 9.90 Å². The van der Waals surface area contributed by atoms with E-state index < -0.39 is 5.97 Å². The molecule has 0 aliphatic carbocycles. The normalized spacial score (nSPS) is 11.2. The quantitative estimate of drug-likeness (QED) is 0.787. The Balaban J connectivity index is 2.35. The largest absolute Gasteiger partial charge is 0.477 e. The van der Waals surface area contributed by atoms with Gasteiger partial charge in [0.25, 0.3) is 0 Å². The summed E-state index contributed by atoms with van der Waals surface area (Å²) in [7, 11) is 0. The van der Waals surface area contributed by atoms with Gasteiger partial charge < -0.3 is 5.11 Å². The standard InChI is InChI=1S/C13H10ClN3O2S/c1-6-7(2)16-17-9(13(18)19)5-8(15-12(6)17)10-3-4-11(14)20-10/h3-5H,1-2H3,(H,18,19). The third-order valence-electron chi connectivity index (χ3n) is 3.10. The minimum Gasteiger partial charge on any atom is -0.477 e. The molecule has 0 bridgehead atoms. The lowest BCUT2D eigenvalue weighted by Crippen LogP contribution is -2.08. The lowest BCUT2D eigenvalue weighted by Gasteiger charge is -2.03. The molecule has 0 amide bonds. The van der Waals surface area contributed by atoms with Crippen molar-refractivity contribution in [2.75, 3.05) is 0 Å². The van der Waals surface area contributed by atoms with Gasteiger partial charge in [0.05, 0.1) is 20.6 Å². The molecule has 0 aliphatic rings. The molecule has 102 valence electrons. The van der Waals surface area contributed by atoms with Crippen molar-refractivity contribution in [3.8, 4) is 10.6 Å². The molecular formula is C13H10ClN3O2S. The van der Waals surface area contributed by atoms with Crippen LogP contribution in [0.15, 0.2) is 18.2 Å². The van der Waals surface area contributed by atoms with Gasteiger partial charge in [0.2, 0.25) is 0 Å². The fourth-order valence-electron chi connectivity index (χ4n) is 1.96. The molecule has 0 unspecified atom stereocenters. The average molecular weight is 308 g/mol. The van der Waals surface area contributed by atoms with E-state index in [1.54, 1.807) is 6.07 Å². The fourth-order valence-corrected chi connectivity index (χ4v) is 2.96. The van der Waals surface area contributed by atoms with Crippen LogP contribution in [0.1, 0.15) is 21.7 Å². The fraction of sp³-hybridized carbons (Fsp3) is 0.154. The van der Waals surface area contributed by atoms with Crippen LogP contribution in [0.5, 0.6) is 0 Å². The van der Waals surface area contributed by atoms with Crippen LogP contribution in [0.2, 0.25) is 4.34 Å². The van der Waals surface area contributed by atoms with Crippen LogP contribution in [0, 0.1) is 13.8 Å². The highest BCUT2D eigenvalue weighted by Crippen LogP contribution is 2.31. The molecule has 0 aromatic carbocycles. The summed E-state index contributed by atoms with van der Waals surface area (Å²) in [5, 5.41) is 13.6. The highest BCUT2D eigenvalue weighted by molar-refractivity contribution is 7.19. The Kier molecular flexibility index (Phi) is 2.99. The second-order valence-corrected chi connectivity index (χ2v) is 6.10. The van der Waals surface area contributed by atoms with E-state index in [-0.39, 0.29) is 5.69 Å². The number of aryl methyl sites for hydroxylation is 2. The van der Waals surface area contributed by atoms with Crippen LogP contribution in [-0.4, -0.2) is 25.7 Å². The minimum absolute atomic E-state index is 0.0886. The van der Waals surface area contributed by atoms with Crippen molar-refractivity contribution in [1.29, 1.82) is 0 Å². The second kappa shape index (κ2) is 4.57. The molecule has 20 heavy (non-hydrogen) atoms. The number of aromatic carboxylic acids is 1. The molecule has 3 aromatic heterocycles. The van der Waals surface area contributed by atoms with Crippen LogP contribution >= 0.6 is 22.9 Å². The minimum atomic E-state index is -1.04. The first kappa shape index (κ1) is 13.1. The van der Waals surface area contributed by atoms with Gasteiger partial charge in [-0.25, -0.2) is 14.3 Å². The molecule has 1 N–H and O–H groups in total. The van der Waals surface area contributed by atoms with E-state index >= 15 is 0 Å². The lowest BCUT2D eigenvalue weighted by atomic mass is 10.2. The zero-order valence-corrected chi connectivity index (χ0v) is 12.3. The Bertz CT molecular complexity index is 838. The summed E-state index contributed by atoms with van der Waals surface area (Å²) in [6.45, 7) is 3.71. The highest BCUT2D eigenvalue weighted by Gasteiger charge is 2.17. The van der Waals surface area contributed by atoms with Gasteiger partial charge in [-0.1, -0.05) is 11.6 Å². The zero-order valence-electron chi connectivity index (χ0n) is 10.7. The summed E-state index contributed by atoms with van der Waals surface area (Å²) < 4.78 is 2.01. The SMILES string of the molecule is Cc1nn2c(C(=O)O)cc(-c3ccc(Cl)s3)nc2c1C. The van der Waals surface area contributed by atoms with Gasteiger partial charge in [-0.15, -0.1) is 11.3 Å². The summed E-state index contributed by atoms with van der Waals surface area (Å²) >= 11 is 7.29. The van der Waals surface area contributed by atoms with E-state index in [9.17, 15) is 9.90 Å². The Hall–Kier alpha value is -1.92. The first-order chi connectivity index (χ1) is 9.47. The highest BCUT2D eigenvalue weighted by atomic mass is 35.5. The molecule has 3 heterocycles. The smallest absolute Gasteiger partial charge is 0.354 e. The predicted molar refractivity (Wildman–Crippen MR) is 77.7 cm³/mol. The Labute approximate surface area is 123 Å². The number of thiophene rings is 1. The van der Waals surface area contributed by atoms with Gasteiger partial charge in [0, 0.05) is 5.56 Å². The van der Waals surface area contributed by atoms with Gasteiger partial charge in [0.1, 0.15) is 0 Å². The van der Waals surface area contributed by atoms with Gasteiger partial charge >= 0.3 is 5.97 Å². The van der Waals surface area contributed by atoms with Gasteiger partial charge in [0.15, 0.2) is 11.3 Å². The number of fused-ring (bicyclic) bond motifs is 1. The van der Waals surface area contributed by atoms with Gasteiger partial charge in [-0.2, -0.15) is 5.10 Å². The Morgan fingerprint density at radius 1 is 1.40 bits per heavy atom. The third kappa shape index (κ3) is 1.97. The number of rotatable bonds is 2. The lowest BCUT2D eigenvalue weighted by molar-refractivity contribution is 0.0687. The van der Waals surface area contributed by atoms with Crippen LogP contribution in [0.25, 0.3) is 16.2 Å². The van der Waals surface area contributed by atoms with E-state index in [0.29, 0.717) is 15.7 Å². The molecule has 5 nitrogen and oxygen atoms in total.